The van der Waals surface area contributed by atoms with Gasteiger partial charge in [-0.1, -0.05) is 17.7 Å². The highest BCUT2D eigenvalue weighted by molar-refractivity contribution is 6.30. The molecule has 0 saturated heterocycles. The molecule has 0 aromatic heterocycles. The molecular weight excluding hydrogens is 295 g/mol. The number of nitrogens with two attached hydrogens (primary N) is 2. The van der Waals surface area contributed by atoms with Gasteiger partial charge in [-0.2, -0.15) is 5.10 Å². The van der Waals surface area contributed by atoms with Crippen LogP contribution < -0.4 is 16.2 Å². The van der Waals surface area contributed by atoms with Gasteiger partial charge >= 0.3 is 0 Å². The predicted octanol–water partition coefficient (Wildman–Crippen LogP) is 2.88. The van der Waals surface area contributed by atoms with E-state index >= 15 is 0 Å². The molecule has 0 atom stereocenters. The first-order valence-corrected chi connectivity index (χ1v) is 6.28. The van der Waals surface area contributed by atoms with E-state index in [4.69, 9.17) is 27.8 Å². The van der Waals surface area contributed by atoms with Gasteiger partial charge in [0, 0.05) is 5.02 Å². The second kappa shape index (κ2) is 6.71. The summed E-state index contributed by atoms with van der Waals surface area (Å²) in [5.41, 5.74) is 10.4. The second-order valence-electron chi connectivity index (χ2n) is 3.98. The van der Waals surface area contributed by atoms with Crippen molar-refractivity contribution in [2.75, 3.05) is 0 Å². The highest BCUT2D eigenvalue weighted by Gasteiger charge is 2.08. The minimum atomic E-state index is -0.504. The summed E-state index contributed by atoms with van der Waals surface area (Å²) in [6, 6.07) is 11.1. The van der Waals surface area contributed by atoms with Gasteiger partial charge in [-0.25, -0.2) is 4.39 Å². The van der Waals surface area contributed by atoms with Crippen molar-refractivity contribution in [2.24, 2.45) is 21.7 Å². The molecule has 4 N–H and O–H groups in total. The molecule has 0 spiro atoms. The third-order valence-electron chi connectivity index (χ3n) is 2.41. The molecule has 5 nitrogen and oxygen atoms in total. The number of ether oxygens (including phenoxy) is 1. The van der Waals surface area contributed by atoms with E-state index in [-0.39, 0.29) is 17.3 Å². The largest absolute Gasteiger partial charge is 0.457 e. The van der Waals surface area contributed by atoms with E-state index in [0.29, 0.717) is 10.8 Å². The number of guanidine groups is 1. The predicted molar refractivity (Wildman–Crippen MR) is 81.3 cm³/mol. The Hall–Kier alpha value is -2.60. The van der Waals surface area contributed by atoms with Crippen molar-refractivity contribution in [3.8, 4) is 11.5 Å². The van der Waals surface area contributed by atoms with Crippen LogP contribution in [0.1, 0.15) is 5.56 Å². The van der Waals surface area contributed by atoms with E-state index in [9.17, 15) is 4.39 Å². The van der Waals surface area contributed by atoms with Crippen LogP contribution in [0.2, 0.25) is 5.02 Å². The average molecular weight is 307 g/mol. The van der Waals surface area contributed by atoms with Gasteiger partial charge in [-0.3, -0.25) is 0 Å². The maximum atomic E-state index is 13.8. The van der Waals surface area contributed by atoms with Gasteiger partial charge in [0.25, 0.3) is 0 Å². The van der Waals surface area contributed by atoms with Gasteiger partial charge in [0.15, 0.2) is 0 Å². The van der Waals surface area contributed by atoms with Gasteiger partial charge in [0.05, 0.1) is 11.8 Å². The van der Waals surface area contributed by atoms with E-state index < -0.39 is 5.82 Å². The third kappa shape index (κ3) is 4.19. The molecule has 0 heterocycles. The molecular formula is C14H12ClFN4O. The Morgan fingerprint density at radius 1 is 1.14 bits per heavy atom. The van der Waals surface area contributed by atoms with E-state index in [0.717, 1.165) is 0 Å². The molecule has 2 aromatic carbocycles. The molecule has 0 amide bonds. The van der Waals surface area contributed by atoms with Gasteiger partial charge in [-0.15, -0.1) is 5.10 Å². The van der Waals surface area contributed by atoms with Gasteiger partial charge in [0.2, 0.25) is 5.96 Å². The molecule has 0 saturated carbocycles. The van der Waals surface area contributed by atoms with Crippen molar-refractivity contribution in [2.45, 2.75) is 0 Å². The summed E-state index contributed by atoms with van der Waals surface area (Å²) < 4.78 is 19.4. The van der Waals surface area contributed by atoms with Gasteiger partial charge < -0.3 is 16.2 Å². The fourth-order valence-corrected chi connectivity index (χ4v) is 1.64. The minimum Gasteiger partial charge on any atom is -0.457 e. The number of hydrogen-bond acceptors (Lipinski definition) is 3. The van der Waals surface area contributed by atoms with Crippen LogP contribution in [0.4, 0.5) is 4.39 Å². The molecule has 0 aliphatic carbocycles. The third-order valence-corrected chi connectivity index (χ3v) is 2.67. The smallest absolute Gasteiger partial charge is 0.211 e. The Morgan fingerprint density at radius 2 is 1.86 bits per heavy atom. The summed E-state index contributed by atoms with van der Waals surface area (Å²) in [4.78, 5) is 0. The minimum absolute atomic E-state index is 0.137. The lowest BCUT2D eigenvalue weighted by molar-refractivity contribution is 0.475. The fourth-order valence-electron chi connectivity index (χ4n) is 1.51. The van der Waals surface area contributed by atoms with Crippen LogP contribution in [0, 0.1) is 5.82 Å². The van der Waals surface area contributed by atoms with Crippen LogP contribution in [0.5, 0.6) is 11.5 Å². The fraction of sp³-hybridized carbons (Fsp3) is 0. The van der Waals surface area contributed by atoms with Crippen LogP contribution in [-0.2, 0) is 0 Å². The number of rotatable bonds is 4. The van der Waals surface area contributed by atoms with Gasteiger partial charge in [-0.05, 0) is 36.4 Å². The molecule has 0 aliphatic rings. The van der Waals surface area contributed by atoms with E-state index in [1.54, 1.807) is 30.3 Å². The standard InChI is InChI=1S/C14H12ClFN4O/c15-9-4-6-10(7-5-9)21-13-3-1-2-12(16)11(13)8-19-20-14(17)18/h1-8H,(H4,17,18,20). The summed E-state index contributed by atoms with van der Waals surface area (Å²) in [5.74, 6) is 0.0760. The van der Waals surface area contributed by atoms with E-state index in [1.807, 2.05) is 0 Å². The average Bonchev–Trinajstić information content (AvgIpc) is 2.44. The molecule has 21 heavy (non-hydrogen) atoms. The monoisotopic (exact) mass is 306 g/mol. The maximum absolute atomic E-state index is 13.8. The van der Waals surface area contributed by atoms with Crippen LogP contribution in [0.25, 0.3) is 0 Å². The normalized spacial score (nSPS) is 10.6. The molecule has 2 rings (SSSR count). The highest BCUT2D eigenvalue weighted by atomic mass is 35.5. The SMILES string of the molecule is NC(N)=NN=Cc1c(F)cccc1Oc1ccc(Cl)cc1. The highest BCUT2D eigenvalue weighted by Crippen LogP contribution is 2.27. The summed E-state index contributed by atoms with van der Waals surface area (Å²) in [7, 11) is 0. The van der Waals surface area contributed by atoms with Crippen molar-refractivity contribution in [3.05, 3.63) is 58.9 Å². The number of hydrogen-bond donors (Lipinski definition) is 2. The van der Waals surface area contributed by atoms with Crippen LogP contribution >= 0.6 is 11.6 Å². The molecule has 0 aliphatic heterocycles. The lowest BCUT2D eigenvalue weighted by Crippen LogP contribution is -2.21. The molecule has 0 bridgehead atoms. The number of nitrogens with zero attached hydrogens (tertiary/aromatic N) is 2. The van der Waals surface area contributed by atoms with Crippen molar-refractivity contribution in [1.82, 2.24) is 0 Å². The van der Waals surface area contributed by atoms with E-state index in [1.165, 1.54) is 18.3 Å². The molecule has 108 valence electrons. The molecule has 0 fully saturated rings. The molecule has 2 aromatic rings. The Balaban J connectivity index is 2.31. The van der Waals surface area contributed by atoms with Gasteiger partial charge in [0.1, 0.15) is 17.3 Å². The maximum Gasteiger partial charge on any atom is 0.211 e. The Kier molecular flexibility index (Phi) is 4.73. The number of benzene rings is 2. The van der Waals surface area contributed by atoms with E-state index in [2.05, 4.69) is 10.2 Å². The summed E-state index contributed by atoms with van der Waals surface area (Å²) in [5, 5.41) is 7.59. The molecule has 0 radical (unpaired) electrons. The van der Waals surface area contributed by atoms with Crippen LogP contribution in [0.15, 0.2) is 52.7 Å². The Labute approximate surface area is 125 Å². The first-order chi connectivity index (χ1) is 10.1. The van der Waals surface area contributed by atoms with Crippen molar-refractivity contribution < 1.29 is 9.13 Å². The topological polar surface area (TPSA) is 86.0 Å². The molecule has 0 unspecified atom stereocenters. The summed E-state index contributed by atoms with van der Waals surface area (Å²) in [6.07, 6.45) is 1.18. The lowest BCUT2D eigenvalue weighted by atomic mass is 10.2. The first-order valence-electron chi connectivity index (χ1n) is 5.90. The zero-order valence-electron chi connectivity index (χ0n) is 10.8. The molecule has 7 heteroatoms. The van der Waals surface area contributed by atoms with Crippen molar-refractivity contribution >= 4 is 23.8 Å². The Bertz CT molecular complexity index is 682. The van der Waals surface area contributed by atoms with Crippen LogP contribution in [-0.4, -0.2) is 12.2 Å². The second-order valence-corrected chi connectivity index (χ2v) is 4.41. The zero-order valence-corrected chi connectivity index (χ0v) is 11.6. The Morgan fingerprint density at radius 3 is 2.52 bits per heavy atom. The zero-order chi connectivity index (χ0) is 15.2. The summed E-state index contributed by atoms with van der Waals surface area (Å²) >= 11 is 5.79. The van der Waals surface area contributed by atoms with Crippen LogP contribution in [0.3, 0.4) is 0 Å². The lowest BCUT2D eigenvalue weighted by Gasteiger charge is -2.09. The summed E-state index contributed by atoms with van der Waals surface area (Å²) in [6.45, 7) is 0. The van der Waals surface area contributed by atoms with Crippen molar-refractivity contribution in [3.63, 3.8) is 0 Å². The van der Waals surface area contributed by atoms with Crippen molar-refractivity contribution in [1.29, 1.82) is 0 Å². The number of halogens is 2. The first kappa shape index (κ1) is 14.8. The quantitative estimate of drug-likeness (QED) is 0.517.